The zero-order valence-corrected chi connectivity index (χ0v) is 10.5. The highest BCUT2D eigenvalue weighted by molar-refractivity contribution is 5.25. The van der Waals surface area contributed by atoms with Crippen LogP contribution in [0.3, 0.4) is 0 Å². The monoisotopic (exact) mass is 217 g/mol. The summed E-state index contributed by atoms with van der Waals surface area (Å²) < 4.78 is 0. The second-order valence-corrected chi connectivity index (χ2v) is 5.31. The van der Waals surface area contributed by atoms with Crippen LogP contribution in [0.4, 0.5) is 0 Å². The third kappa shape index (κ3) is 3.08. The standard InChI is InChI=1S/C15H23N/c1-12(2)15-7-5-13(6-8-15)10-14-4-3-9-16-11-14/h5-8,12,14,16H,3-4,9-11H2,1-2H3/t14-/m0/s1. The lowest BCUT2D eigenvalue weighted by Gasteiger charge is -2.22. The molecule has 1 aromatic rings. The molecule has 1 heterocycles. The fourth-order valence-corrected chi connectivity index (χ4v) is 2.47. The number of benzene rings is 1. The van der Waals surface area contributed by atoms with E-state index in [2.05, 4.69) is 43.4 Å². The summed E-state index contributed by atoms with van der Waals surface area (Å²) >= 11 is 0. The molecular weight excluding hydrogens is 194 g/mol. The van der Waals surface area contributed by atoms with Gasteiger partial charge < -0.3 is 5.32 Å². The molecule has 1 nitrogen and oxygen atoms in total. The van der Waals surface area contributed by atoms with Crippen LogP contribution >= 0.6 is 0 Å². The van der Waals surface area contributed by atoms with Gasteiger partial charge in [-0.15, -0.1) is 0 Å². The molecule has 1 saturated heterocycles. The summed E-state index contributed by atoms with van der Waals surface area (Å²) in [5.41, 5.74) is 2.95. The van der Waals surface area contributed by atoms with Crippen LogP contribution in [-0.2, 0) is 6.42 Å². The van der Waals surface area contributed by atoms with E-state index in [1.165, 1.54) is 43.5 Å². The van der Waals surface area contributed by atoms with Crippen LogP contribution in [-0.4, -0.2) is 13.1 Å². The number of hydrogen-bond acceptors (Lipinski definition) is 1. The maximum Gasteiger partial charge on any atom is -0.00173 e. The van der Waals surface area contributed by atoms with Crippen LogP contribution in [0.2, 0.25) is 0 Å². The summed E-state index contributed by atoms with van der Waals surface area (Å²) in [5.74, 6) is 1.49. The van der Waals surface area contributed by atoms with Gasteiger partial charge in [0.25, 0.3) is 0 Å². The van der Waals surface area contributed by atoms with Crippen LogP contribution in [0.1, 0.15) is 43.7 Å². The summed E-state index contributed by atoms with van der Waals surface area (Å²) in [6.45, 7) is 6.91. The predicted molar refractivity (Wildman–Crippen MR) is 69.8 cm³/mol. The Labute approximate surface area is 99.3 Å². The van der Waals surface area contributed by atoms with Gasteiger partial charge in [-0.05, 0) is 55.3 Å². The highest BCUT2D eigenvalue weighted by Gasteiger charge is 2.13. The van der Waals surface area contributed by atoms with Crippen LogP contribution in [0.5, 0.6) is 0 Å². The minimum atomic E-state index is 0.644. The van der Waals surface area contributed by atoms with Crippen LogP contribution in [0, 0.1) is 5.92 Å². The summed E-state index contributed by atoms with van der Waals surface area (Å²) in [7, 11) is 0. The Bertz CT molecular complexity index is 307. The van der Waals surface area contributed by atoms with Crippen LogP contribution in [0.15, 0.2) is 24.3 Å². The van der Waals surface area contributed by atoms with Crippen molar-refractivity contribution in [1.29, 1.82) is 0 Å². The van der Waals surface area contributed by atoms with Crippen LogP contribution < -0.4 is 5.32 Å². The highest BCUT2D eigenvalue weighted by atomic mass is 14.9. The SMILES string of the molecule is CC(C)c1ccc(C[C@@H]2CCCNC2)cc1. The van der Waals surface area contributed by atoms with Crippen molar-refractivity contribution >= 4 is 0 Å². The average molecular weight is 217 g/mol. The molecular formula is C15H23N. The van der Waals surface area contributed by atoms with Crippen molar-refractivity contribution in [3.63, 3.8) is 0 Å². The fraction of sp³-hybridized carbons (Fsp3) is 0.600. The molecule has 0 aromatic heterocycles. The zero-order valence-electron chi connectivity index (χ0n) is 10.5. The third-order valence-corrected chi connectivity index (χ3v) is 3.57. The van der Waals surface area contributed by atoms with Crippen molar-refractivity contribution in [2.75, 3.05) is 13.1 Å². The third-order valence-electron chi connectivity index (χ3n) is 3.57. The smallest absolute Gasteiger partial charge is 0.00173 e. The average Bonchev–Trinajstić information content (AvgIpc) is 2.31. The molecule has 2 rings (SSSR count). The topological polar surface area (TPSA) is 12.0 Å². The fourth-order valence-electron chi connectivity index (χ4n) is 2.47. The van der Waals surface area contributed by atoms with Crippen molar-refractivity contribution in [1.82, 2.24) is 5.32 Å². The van der Waals surface area contributed by atoms with Gasteiger partial charge in [0.05, 0.1) is 0 Å². The minimum absolute atomic E-state index is 0.644. The maximum atomic E-state index is 3.48. The molecule has 1 aliphatic rings. The first-order valence-corrected chi connectivity index (χ1v) is 6.55. The maximum absolute atomic E-state index is 3.48. The number of nitrogens with one attached hydrogen (secondary N) is 1. The van der Waals surface area contributed by atoms with E-state index in [9.17, 15) is 0 Å². The number of rotatable bonds is 3. The Morgan fingerprint density at radius 2 is 2.00 bits per heavy atom. The molecule has 0 unspecified atom stereocenters. The first kappa shape index (κ1) is 11.7. The lowest BCUT2D eigenvalue weighted by Crippen LogP contribution is -2.30. The number of piperidine rings is 1. The van der Waals surface area contributed by atoms with Crippen molar-refractivity contribution in [3.05, 3.63) is 35.4 Å². The van der Waals surface area contributed by atoms with E-state index in [1.807, 2.05) is 0 Å². The van der Waals surface area contributed by atoms with Gasteiger partial charge in [-0.2, -0.15) is 0 Å². The molecule has 88 valence electrons. The molecule has 1 aromatic carbocycles. The molecule has 0 saturated carbocycles. The first-order chi connectivity index (χ1) is 7.75. The molecule has 16 heavy (non-hydrogen) atoms. The number of hydrogen-bond donors (Lipinski definition) is 1. The second-order valence-electron chi connectivity index (χ2n) is 5.31. The lowest BCUT2D eigenvalue weighted by molar-refractivity contribution is 0.376. The van der Waals surface area contributed by atoms with E-state index in [0.29, 0.717) is 5.92 Å². The summed E-state index contributed by atoms with van der Waals surface area (Å²) in [6, 6.07) is 9.19. The normalized spacial score (nSPS) is 21.3. The van der Waals surface area contributed by atoms with Crippen molar-refractivity contribution in [3.8, 4) is 0 Å². The minimum Gasteiger partial charge on any atom is -0.316 e. The molecule has 0 radical (unpaired) electrons. The molecule has 0 bridgehead atoms. The Hall–Kier alpha value is -0.820. The van der Waals surface area contributed by atoms with Crippen LogP contribution in [0.25, 0.3) is 0 Å². The molecule has 0 amide bonds. The lowest BCUT2D eigenvalue weighted by atomic mass is 9.91. The Morgan fingerprint density at radius 3 is 2.56 bits per heavy atom. The van der Waals surface area contributed by atoms with E-state index >= 15 is 0 Å². The van der Waals surface area contributed by atoms with Crippen molar-refractivity contribution in [2.45, 2.75) is 39.0 Å². The Kier molecular flexibility index (Phi) is 4.00. The summed E-state index contributed by atoms with van der Waals surface area (Å²) in [6.07, 6.45) is 3.97. The largest absolute Gasteiger partial charge is 0.316 e. The van der Waals surface area contributed by atoms with Gasteiger partial charge in [0.15, 0.2) is 0 Å². The molecule has 1 fully saturated rings. The zero-order chi connectivity index (χ0) is 11.4. The molecule has 1 heteroatoms. The molecule has 1 atom stereocenters. The second kappa shape index (κ2) is 5.49. The van der Waals surface area contributed by atoms with Gasteiger partial charge in [0, 0.05) is 0 Å². The molecule has 1 N–H and O–H groups in total. The van der Waals surface area contributed by atoms with Crippen molar-refractivity contribution in [2.24, 2.45) is 5.92 Å². The Balaban J connectivity index is 1.93. The van der Waals surface area contributed by atoms with Gasteiger partial charge in [0.2, 0.25) is 0 Å². The Morgan fingerprint density at radius 1 is 1.25 bits per heavy atom. The molecule has 0 spiro atoms. The summed E-state index contributed by atoms with van der Waals surface area (Å²) in [4.78, 5) is 0. The summed E-state index contributed by atoms with van der Waals surface area (Å²) in [5, 5.41) is 3.48. The van der Waals surface area contributed by atoms with Gasteiger partial charge in [-0.3, -0.25) is 0 Å². The molecule has 0 aliphatic carbocycles. The predicted octanol–water partition coefficient (Wildman–Crippen LogP) is 3.35. The molecule has 1 aliphatic heterocycles. The van der Waals surface area contributed by atoms with Gasteiger partial charge in [0.1, 0.15) is 0 Å². The van der Waals surface area contributed by atoms with Gasteiger partial charge in [-0.25, -0.2) is 0 Å². The van der Waals surface area contributed by atoms with Gasteiger partial charge >= 0.3 is 0 Å². The van der Waals surface area contributed by atoms with E-state index in [4.69, 9.17) is 0 Å². The van der Waals surface area contributed by atoms with Gasteiger partial charge in [-0.1, -0.05) is 38.1 Å². The van der Waals surface area contributed by atoms with Crippen molar-refractivity contribution < 1.29 is 0 Å². The first-order valence-electron chi connectivity index (χ1n) is 6.55. The van der Waals surface area contributed by atoms with E-state index in [-0.39, 0.29) is 0 Å². The van der Waals surface area contributed by atoms with E-state index in [1.54, 1.807) is 0 Å². The highest BCUT2D eigenvalue weighted by Crippen LogP contribution is 2.19. The quantitative estimate of drug-likeness (QED) is 0.818. The van der Waals surface area contributed by atoms with E-state index in [0.717, 1.165) is 5.92 Å². The van der Waals surface area contributed by atoms with E-state index < -0.39 is 0 Å².